The number of rotatable bonds is 6. The van der Waals surface area contributed by atoms with Crippen molar-refractivity contribution in [2.45, 2.75) is 37.8 Å². The van der Waals surface area contributed by atoms with E-state index in [9.17, 15) is 9.18 Å². The van der Waals surface area contributed by atoms with Crippen molar-refractivity contribution < 1.29 is 18.7 Å². The van der Waals surface area contributed by atoms with Crippen LogP contribution in [0.3, 0.4) is 0 Å². The standard InChI is InChI=1S/C28H34ClFN6O3/c1-34-10-12-36(13-11-34)28(37)35(2)19-5-7-20(8-6-19)39-26-15-21-24(16-25(26)38-3)31-17-32-27(21)33-18-4-9-23(30)22(29)14-18/h4,9,14-17,19-20H,5-8,10-13H2,1-3H3,(H,31,32,33)/t19-,20+. The second-order valence-electron chi connectivity index (χ2n) is 10.2. The highest BCUT2D eigenvalue weighted by Gasteiger charge is 2.31. The molecule has 1 aliphatic heterocycles. The number of urea groups is 1. The molecule has 3 aromatic rings. The van der Waals surface area contributed by atoms with E-state index in [4.69, 9.17) is 21.1 Å². The van der Waals surface area contributed by atoms with E-state index in [2.05, 4.69) is 27.2 Å². The first kappa shape index (κ1) is 27.2. The minimum absolute atomic E-state index is 0.00307. The van der Waals surface area contributed by atoms with Crippen LogP contribution >= 0.6 is 11.6 Å². The Morgan fingerprint density at radius 1 is 1.08 bits per heavy atom. The lowest BCUT2D eigenvalue weighted by molar-refractivity contribution is 0.0845. The SMILES string of the molecule is COc1cc2ncnc(Nc3ccc(F)c(Cl)c3)c2cc1O[C@H]1CC[C@@H](N(C)C(=O)N2CCN(C)CC2)CC1. The summed E-state index contributed by atoms with van der Waals surface area (Å²) >= 11 is 5.95. The number of carbonyl (C=O) groups is 1. The Kier molecular flexibility index (Phi) is 8.23. The van der Waals surface area contributed by atoms with Crippen molar-refractivity contribution in [3.63, 3.8) is 0 Å². The fraction of sp³-hybridized carbons (Fsp3) is 0.464. The molecule has 5 rings (SSSR count). The molecule has 2 aliphatic rings. The zero-order valence-corrected chi connectivity index (χ0v) is 23.2. The van der Waals surface area contributed by atoms with E-state index >= 15 is 0 Å². The van der Waals surface area contributed by atoms with Gasteiger partial charge in [-0.05, 0) is 57.0 Å². The number of fused-ring (bicyclic) bond motifs is 1. The number of ether oxygens (including phenoxy) is 2. The van der Waals surface area contributed by atoms with E-state index in [1.54, 1.807) is 13.2 Å². The predicted molar refractivity (Wildman–Crippen MR) is 150 cm³/mol. The molecule has 1 saturated heterocycles. The molecule has 9 nitrogen and oxygen atoms in total. The number of aromatic nitrogens is 2. The van der Waals surface area contributed by atoms with Crippen LogP contribution < -0.4 is 14.8 Å². The lowest BCUT2D eigenvalue weighted by atomic mass is 9.92. The first-order valence-corrected chi connectivity index (χ1v) is 13.6. The van der Waals surface area contributed by atoms with E-state index in [1.165, 1.54) is 18.5 Å². The van der Waals surface area contributed by atoms with Gasteiger partial charge in [0.15, 0.2) is 11.5 Å². The molecule has 1 aromatic heterocycles. The highest BCUT2D eigenvalue weighted by atomic mass is 35.5. The summed E-state index contributed by atoms with van der Waals surface area (Å²) in [5, 5.41) is 3.96. The summed E-state index contributed by atoms with van der Waals surface area (Å²) in [6, 6.07) is 8.42. The molecule has 2 fully saturated rings. The molecule has 11 heteroatoms. The van der Waals surface area contributed by atoms with Crippen LogP contribution in [0.4, 0.5) is 20.7 Å². The number of piperazine rings is 1. The number of likely N-dealkylation sites (N-methyl/N-ethyl adjacent to an activating group) is 1. The number of methoxy groups -OCH3 is 1. The third-order valence-electron chi connectivity index (χ3n) is 7.66. The highest BCUT2D eigenvalue weighted by molar-refractivity contribution is 6.31. The summed E-state index contributed by atoms with van der Waals surface area (Å²) in [5.41, 5.74) is 1.28. The van der Waals surface area contributed by atoms with E-state index in [1.807, 2.05) is 29.0 Å². The predicted octanol–water partition coefficient (Wildman–Crippen LogP) is 5.16. The molecule has 0 atom stereocenters. The van der Waals surface area contributed by atoms with E-state index in [0.29, 0.717) is 28.5 Å². The van der Waals surface area contributed by atoms with Gasteiger partial charge in [0.1, 0.15) is 18.0 Å². The molecule has 0 unspecified atom stereocenters. The second kappa shape index (κ2) is 11.8. The zero-order valence-electron chi connectivity index (χ0n) is 22.5. The number of hydrogen-bond donors (Lipinski definition) is 1. The van der Waals surface area contributed by atoms with Gasteiger partial charge in [0.25, 0.3) is 0 Å². The average molecular weight is 557 g/mol. The third-order valence-corrected chi connectivity index (χ3v) is 7.95. The van der Waals surface area contributed by atoms with Crippen molar-refractivity contribution >= 4 is 40.0 Å². The largest absolute Gasteiger partial charge is 0.493 e. The molecule has 1 N–H and O–H groups in total. The molecule has 2 heterocycles. The molecule has 39 heavy (non-hydrogen) atoms. The van der Waals surface area contributed by atoms with Gasteiger partial charge in [0, 0.05) is 56.4 Å². The van der Waals surface area contributed by atoms with Gasteiger partial charge in [0.05, 0.1) is 23.8 Å². The minimum atomic E-state index is -0.486. The van der Waals surface area contributed by atoms with Crippen LogP contribution in [0, 0.1) is 5.82 Å². The maximum atomic E-state index is 13.6. The Balaban J connectivity index is 1.27. The van der Waals surface area contributed by atoms with E-state index < -0.39 is 5.82 Å². The van der Waals surface area contributed by atoms with Gasteiger partial charge in [-0.25, -0.2) is 19.2 Å². The molecule has 0 spiro atoms. The Morgan fingerprint density at radius 2 is 1.82 bits per heavy atom. The Morgan fingerprint density at radius 3 is 2.51 bits per heavy atom. The van der Waals surface area contributed by atoms with Crippen molar-refractivity contribution in [3.8, 4) is 11.5 Å². The van der Waals surface area contributed by atoms with Crippen molar-refractivity contribution in [2.24, 2.45) is 0 Å². The van der Waals surface area contributed by atoms with Gasteiger partial charge in [-0.3, -0.25) is 0 Å². The Labute approximate surface area is 232 Å². The number of benzene rings is 2. The summed E-state index contributed by atoms with van der Waals surface area (Å²) < 4.78 is 25.7. The molecule has 1 saturated carbocycles. The summed E-state index contributed by atoms with van der Waals surface area (Å²) in [6.45, 7) is 3.37. The van der Waals surface area contributed by atoms with E-state index in [0.717, 1.165) is 57.2 Å². The Hall–Kier alpha value is -3.37. The molecular weight excluding hydrogens is 523 g/mol. The Bertz CT molecular complexity index is 1330. The van der Waals surface area contributed by atoms with Gasteiger partial charge in [0.2, 0.25) is 0 Å². The fourth-order valence-electron chi connectivity index (χ4n) is 5.23. The van der Waals surface area contributed by atoms with E-state index in [-0.39, 0.29) is 23.2 Å². The fourth-order valence-corrected chi connectivity index (χ4v) is 5.41. The molecule has 2 amide bonds. The number of nitrogens with one attached hydrogen (secondary N) is 1. The van der Waals surface area contributed by atoms with Crippen LogP contribution in [0.1, 0.15) is 25.7 Å². The lowest BCUT2D eigenvalue weighted by Gasteiger charge is -2.39. The first-order valence-electron chi connectivity index (χ1n) is 13.2. The number of hydrogen-bond acceptors (Lipinski definition) is 7. The number of nitrogens with zero attached hydrogens (tertiary/aromatic N) is 5. The minimum Gasteiger partial charge on any atom is -0.493 e. The molecule has 0 radical (unpaired) electrons. The van der Waals surface area contributed by atoms with Gasteiger partial charge in [-0.15, -0.1) is 0 Å². The number of anilines is 2. The van der Waals surface area contributed by atoms with Gasteiger partial charge in [-0.2, -0.15) is 0 Å². The summed E-state index contributed by atoms with van der Waals surface area (Å²) in [6.07, 6.45) is 4.86. The zero-order chi connectivity index (χ0) is 27.5. The van der Waals surface area contributed by atoms with Crippen LogP contribution in [0.25, 0.3) is 10.9 Å². The lowest BCUT2D eigenvalue weighted by Crippen LogP contribution is -2.53. The maximum Gasteiger partial charge on any atom is 0.320 e. The van der Waals surface area contributed by atoms with Crippen molar-refractivity contribution in [3.05, 3.63) is 47.5 Å². The topological polar surface area (TPSA) is 83.1 Å². The van der Waals surface area contributed by atoms with Gasteiger partial charge >= 0.3 is 6.03 Å². The summed E-state index contributed by atoms with van der Waals surface area (Å²) in [5.74, 6) is 1.24. The second-order valence-corrected chi connectivity index (χ2v) is 10.6. The summed E-state index contributed by atoms with van der Waals surface area (Å²) in [7, 11) is 5.61. The van der Waals surface area contributed by atoms with Gasteiger partial charge in [-0.1, -0.05) is 11.6 Å². The molecule has 0 bridgehead atoms. The highest BCUT2D eigenvalue weighted by Crippen LogP contribution is 2.37. The third kappa shape index (κ3) is 6.12. The summed E-state index contributed by atoms with van der Waals surface area (Å²) in [4.78, 5) is 27.9. The van der Waals surface area contributed by atoms with Crippen molar-refractivity contribution in [1.29, 1.82) is 0 Å². The van der Waals surface area contributed by atoms with Crippen LogP contribution in [-0.4, -0.2) is 90.2 Å². The maximum absolute atomic E-state index is 13.6. The average Bonchev–Trinajstić information content (AvgIpc) is 2.95. The van der Waals surface area contributed by atoms with Crippen LogP contribution in [-0.2, 0) is 0 Å². The van der Waals surface area contributed by atoms with Crippen LogP contribution in [0.15, 0.2) is 36.7 Å². The van der Waals surface area contributed by atoms with Crippen molar-refractivity contribution in [2.75, 3.05) is 52.7 Å². The monoisotopic (exact) mass is 556 g/mol. The normalized spacial score (nSPS) is 20.1. The molecule has 208 valence electrons. The molecule has 1 aliphatic carbocycles. The first-order chi connectivity index (χ1) is 18.8. The number of halogens is 2. The van der Waals surface area contributed by atoms with Crippen LogP contribution in [0.5, 0.6) is 11.5 Å². The smallest absolute Gasteiger partial charge is 0.320 e. The molecule has 2 aromatic carbocycles. The van der Waals surface area contributed by atoms with Gasteiger partial charge < -0.3 is 29.5 Å². The van der Waals surface area contributed by atoms with Crippen LogP contribution in [0.2, 0.25) is 5.02 Å². The number of amides is 2. The quantitative estimate of drug-likeness (QED) is 0.449. The number of carbonyl (C=O) groups excluding carboxylic acids is 1. The van der Waals surface area contributed by atoms with Crippen molar-refractivity contribution in [1.82, 2.24) is 24.7 Å². The molecular formula is C28H34ClFN6O3.